The van der Waals surface area contributed by atoms with Crippen molar-refractivity contribution in [3.05, 3.63) is 72.3 Å². The van der Waals surface area contributed by atoms with Gasteiger partial charge >= 0.3 is 0 Å². The fourth-order valence-electron chi connectivity index (χ4n) is 2.74. The number of carbonyl (C=O) groups is 1. The van der Waals surface area contributed by atoms with Crippen molar-refractivity contribution < 1.29 is 4.79 Å². The van der Waals surface area contributed by atoms with Crippen molar-refractivity contribution in [2.24, 2.45) is 0 Å². The molecule has 0 radical (unpaired) electrons. The van der Waals surface area contributed by atoms with E-state index in [-0.39, 0.29) is 11.7 Å². The summed E-state index contributed by atoms with van der Waals surface area (Å²) in [5, 5.41) is 12.3. The lowest BCUT2D eigenvalue weighted by atomic mass is 10.1. The highest BCUT2D eigenvalue weighted by molar-refractivity contribution is 7.99. The Morgan fingerprint density at radius 1 is 1.11 bits per heavy atom. The molecule has 0 saturated carbocycles. The second-order valence-electron chi connectivity index (χ2n) is 6.17. The Kier molecular flexibility index (Phi) is 6.08. The van der Waals surface area contributed by atoms with Gasteiger partial charge < -0.3 is 5.32 Å². The van der Waals surface area contributed by atoms with Gasteiger partial charge in [-0.1, -0.05) is 60.3 Å². The molecule has 0 aliphatic carbocycles. The maximum Gasteiger partial charge on any atom is 0.234 e. The monoisotopic (exact) mass is 378 g/mol. The number of nitrogens with zero attached hydrogens (tertiary/aromatic N) is 3. The molecule has 1 aromatic heterocycles. The highest BCUT2D eigenvalue weighted by atomic mass is 32.2. The fourth-order valence-corrected chi connectivity index (χ4v) is 3.49. The number of thioether (sulfide) groups is 1. The van der Waals surface area contributed by atoms with Crippen LogP contribution in [0.2, 0.25) is 0 Å². The van der Waals surface area contributed by atoms with Gasteiger partial charge in [0.2, 0.25) is 5.91 Å². The van der Waals surface area contributed by atoms with E-state index < -0.39 is 0 Å². The molecule has 6 heteroatoms. The number of para-hydroxylation sites is 1. The van der Waals surface area contributed by atoms with Gasteiger partial charge in [0.25, 0.3) is 0 Å². The van der Waals surface area contributed by atoms with E-state index in [0.717, 1.165) is 28.2 Å². The van der Waals surface area contributed by atoms with Crippen LogP contribution in [-0.2, 0) is 11.3 Å². The summed E-state index contributed by atoms with van der Waals surface area (Å²) in [7, 11) is 0. The van der Waals surface area contributed by atoms with Crippen LogP contribution in [0.4, 0.5) is 5.69 Å². The summed E-state index contributed by atoms with van der Waals surface area (Å²) in [5.41, 5.74) is 4.02. The van der Waals surface area contributed by atoms with Crippen LogP contribution in [0.3, 0.4) is 0 Å². The molecular formula is C21H22N4OS. The number of hydrogen-bond donors (Lipinski definition) is 1. The van der Waals surface area contributed by atoms with E-state index >= 15 is 0 Å². The lowest BCUT2D eigenvalue weighted by Gasteiger charge is -2.10. The Morgan fingerprint density at radius 3 is 2.52 bits per heavy atom. The highest BCUT2D eigenvalue weighted by Gasteiger charge is 2.16. The van der Waals surface area contributed by atoms with Crippen LogP contribution in [0.15, 0.2) is 66.3 Å². The molecular weight excluding hydrogens is 356 g/mol. The third-order valence-corrected chi connectivity index (χ3v) is 5.13. The smallest absolute Gasteiger partial charge is 0.234 e. The summed E-state index contributed by atoms with van der Waals surface area (Å²) in [4.78, 5) is 12.3. The van der Waals surface area contributed by atoms with Crippen molar-refractivity contribution in [1.29, 1.82) is 0 Å². The van der Waals surface area contributed by atoms with Gasteiger partial charge in [0.1, 0.15) is 0 Å². The number of allylic oxidation sites excluding steroid dienone is 1. The molecule has 1 N–H and O–H groups in total. The van der Waals surface area contributed by atoms with Crippen molar-refractivity contribution in [3.8, 4) is 11.4 Å². The van der Waals surface area contributed by atoms with Crippen molar-refractivity contribution in [2.75, 3.05) is 11.1 Å². The summed E-state index contributed by atoms with van der Waals surface area (Å²) in [6.45, 7) is 8.43. The minimum absolute atomic E-state index is 0.0695. The zero-order valence-electron chi connectivity index (χ0n) is 15.5. The summed E-state index contributed by atoms with van der Waals surface area (Å²) in [6, 6.07) is 15.8. The van der Waals surface area contributed by atoms with Crippen LogP contribution in [0, 0.1) is 13.8 Å². The van der Waals surface area contributed by atoms with E-state index in [0.29, 0.717) is 11.7 Å². The SMILES string of the molecule is C=CCn1c(SCC(=O)Nc2ccccc2C)nnc1-c1ccccc1C. The van der Waals surface area contributed by atoms with Gasteiger partial charge in [-0.2, -0.15) is 0 Å². The Labute approximate surface area is 163 Å². The van der Waals surface area contributed by atoms with Crippen LogP contribution in [0.1, 0.15) is 11.1 Å². The largest absolute Gasteiger partial charge is 0.325 e. The first kappa shape index (κ1) is 18.9. The third kappa shape index (κ3) is 4.46. The van der Waals surface area contributed by atoms with E-state index in [4.69, 9.17) is 0 Å². The number of aryl methyl sites for hydroxylation is 2. The lowest BCUT2D eigenvalue weighted by Crippen LogP contribution is -2.15. The Bertz CT molecular complexity index is 964. The number of rotatable bonds is 7. The number of anilines is 1. The standard InChI is InChI=1S/C21H22N4OS/c1-4-13-25-20(17-11-7-5-9-15(17)2)23-24-21(25)27-14-19(26)22-18-12-8-6-10-16(18)3/h4-12H,1,13-14H2,2-3H3,(H,22,26). The number of amides is 1. The molecule has 3 rings (SSSR count). The number of nitrogens with one attached hydrogen (secondary N) is 1. The first-order valence-electron chi connectivity index (χ1n) is 8.68. The van der Waals surface area contributed by atoms with Crippen molar-refractivity contribution >= 4 is 23.4 Å². The molecule has 1 heterocycles. The van der Waals surface area contributed by atoms with Crippen molar-refractivity contribution in [3.63, 3.8) is 0 Å². The third-order valence-electron chi connectivity index (χ3n) is 4.17. The van der Waals surface area contributed by atoms with E-state index in [1.54, 1.807) is 0 Å². The maximum atomic E-state index is 12.3. The molecule has 0 aliphatic heterocycles. The van der Waals surface area contributed by atoms with Crippen LogP contribution in [0.25, 0.3) is 11.4 Å². The zero-order chi connectivity index (χ0) is 19.2. The van der Waals surface area contributed by atoms with Gasteiger partial charge in [-0.15, -0.1) is 16.8 Å². The molecule has 0 atom stereocenters. The van der Waals surface area contributed by atoms with E-state index in [9.17, 15) is 4.79 Å². The van der Waals surface area contributed by atoms with Crippen LogP contribution in [-0.4, -0.2) is 26.4 Å². The molecule has 0 spiro atoms. The average molecular weight is 379 g/mol. The van der Waals surface area contributed by atoms with Gasteiger partial charge in [0.15, 0.2) is 11.0 Å². The second-order valence-corrected chi connectivity index (χ2v) is 7.11. The molecule has 27 heavy (non-hydrogen) atoms. The van der Waals surface area contributed by atoms with Gasteiger partial charge in [-0.25, -0.2) is 0 Å². The van der Waals surface area contributed by atoms with Gasteiger partial charge in [0, 0.05) is 17.8 Å². The summed E-state index contributed by atoms with van der Waals surface area (Å²) in [6.07, 6.45) is 1.81. The summed E-state index contributed by atoms with van der Waals surface area (Å²) < 4.78 is 1.99. The number of aromatic nitrogens is 3. The first-order chi connectivity index (χ1) is 13.1. The number of hydrogen-bond acceptors (Lipinski definition) is 4. The van der Waals surface area contributed by atoms with E-state index in [1.807, 2.05) is 73.0 Å². The van der Waals surface area contributed by atoms with E-state index in [2.05, 4.69) is 22.1 Å². The van der Waals surface area contributed by atoms with Gasteiger partial charge in [0.05, 0.1) is 5.75 Å². The maximum absolute atomic E-state index is 12.3. The number of carbonyl (C=O) groups excluding carboxylic acids is 1. The predicted molar refractivity (Wildman–Crippen MR) is 111 cm³/mol. The van der Waals surface area contributed by atoms with Gasteiger partial charge in [-0.05, 0) is 31.0 Å². The normalized spacial score (nSPS) is 10.6. The van der Waals surface area contributed by atoms with E-state index in [1.165, 1.54) is 11.8 Å². The zero-order valence-corrected chi connectivity index (χ0v) is 16.3. The summed E-state index contributed by atoms with van der Waals surface area (Å²) >= 11 is 1.37. The molecule has 0 fully saturated rings. The molecule has 0 saturated heterocycles. The molecule has 3 aromatic rings. The van der Waals surface area contributed by atoms with Crippen LogP contribution >= 0.6 is 11.8 Å². The summed E-state index contributed by atoms with van der Waals surface area (Å²) in [5.74, 6) is 0.979. The van der Waals surface area contributed by atoms with Crippen molar-refractivity contribution in [2.45, 2.75) is 25.5 Å². The number of benzene rings is 2. The molecule has 1 amide bonds. The van der Waals surface area contributed by atoms with Gasteiger partial charge in [-0.3, -0.25) is 9.36 Å². The molecule has 5 nitrogen and oxygen atoms in total. The molecule has 0 aliphatic rings. The molecule has 0 bridgehead atoms. The highest BCUT2D eigenvalue weighted by Crippen LogP contribution is 2.26. The average Bonchev–Trinajstić information content (AvgIpc) is 3.05. The quantitative estimate of drug-likeness (QED) is 0.486. The Hall–Kier alpha value is -2.86. The minimum Gasteiger partial charge on any atom is -0.325 e. The molecule has 138 valence electrons. The lowest BCUT2D eigenvalue weighted by molar-refractivity contribution is -0.113. The van der Waals surface area contributed by atoms with Crippen LogP contribution < -0.4 is 5.32 Å². The molecule has 0 unspecified atom stereocenters. The second kappa shape index (κ2) is 8.68. The Morgan fingerprint density at radius 2 is 1.81 bits per heavy atom. The Balaban J connectivity index is 1.75. The fraction of sp³-hybridized carbons (Fsp3) is 0.190. The van der Waals surface area contributed by atoms with Crippen molar-refractivity contribution in [1.82, 2.24) is 14.8 Å². The minimum atomic E-state index is -0.0695. The topological polar surface area (TPSA) is 59.8 Å². The first-order valence-corrected chi connectivity index (χ1v) is 9.67. The van der Waals surface area contributed by atoms with Crippen LogP contribution in [0.5, 0.6) is 0 Å². The molecule has 2 aromatic carbocycles. The predicted octanol–water partition coefficient (Wildman–Crippen LogP) is 4.48.